The summed E-state index contributed by atoms with van der Waals surface area (Å²) in [6.45, 7) is 9.59. The Hall–Kier alpha value is -2.56. The minimum Gasteiger partial charge on any atom is -0.507 e. The van der Waals surface area contributed by atoms with E-state index in [1.54, 1.807) is 0 Å². The highest BCUT2D eigenvalue weighted by atomic mass is 16.5. The van der Waals surface area contributed by atoms with Gasteiger partial charge in [0.2, 0.25) is 0 Å². The highest BCUT2D eigenvalue weighted by molar-refractivity contribution is 6.12. The summed E-state index contributed by atoms with van der Waals surface area (Å²) in [4.78, 5) is 25.1. The van der Waals surface area contributed by atoms with Crippen LogP contribution in [0.25, 0.3) is 11.0 Å². The number of phenolic OH excluding ortho intramolecular Hbond substituents is 1. The second-order valence-electron chi connectivity index (χ2n) is 7.62. The van der Waals surface area contributed by atoms with E-state index in [4.69, 9.17) is 9.15 Å². The average molecular weight is 370 g/mol. The van der Waals surface area contributed by atoms with Gasteiger partial charge in [0, 0.05) is 24.0 Å². The molecule has 0 saturated heterocycles. The number of hydrogen-bond donors (Lipinski definition) is 1. The predicted molar refractivity (Wildman–Crippen MR) is 105 cm³/mol. The molecule has 144 valence electrons. The molecule has 1 aliphatic heterocycles. The Morgan fingerprint density at radius 3 is 2.74 bits per heavy atom. The first kappa shape index (κ1) is 19.2. The summed E-state index contributed by atoms with van der Waals surface area (Å²) in [6.07, 6.45) is 3.46. The molecule has 0 amide bonds. The fraction of sp³-hybridized carbons (Fsp3) is 0.455. The van der Waals surface area contributed by atoms with Gasteiger partial charge in [-0.05, 0) is 39.2 Å². The molecular weight excluding hydrogens is 344 g/mol. The number of carbonyl (C=O) groups excluding carboxylic acids is 1. The van der Waals surface area contributed by atoms with Gasteiger partial charge in [0.05, 0.1) is 5.39 Å². The average Bonchev–Trinajstić information content (AvgIpc) is 2.59. The maximum Gasteiger partial charge on any atom is 0.336 e. The van der Waals surface area contributed by atoms with Crippen molar-refractivity contribution in [1.82, 2.24) is 0 Å². The minimum absolute atomic E-state index is 0.0948. The molecule has 0 spiro atoms. The molecule has 2 heterocycles. The van der Waals surface area contributed by atoms with E-state index in [-0.39, 0.29) is 34.7 Å². The number of ether oxygens (including phenoxy) is 1. The third kappa shape index (κ3) is 3.38. The summed E-state index contributed by atoms with van der Waals surface area (Å²) in [7, 11) is 0. The van der Waals surface area contributed by atoms with E-state index < -0.39 is 5.63 Å². The van der Waals surface area contributed by atoms with Crippen molar-refractivity contribution in [2.75, 3.05) is 0 Å². The number of hydrogen-bond acceptors (Lipinski definition) is 5. The first-order chi connectivity index (χ1) is 12.7. The first-order valence-electron chi connectivity index (χ1n) is 9.43. The van der Waals surface area contributed by atoms with Crippen molar-refractivity contribution in [3.05, 3.63) is 44.8 Å². The summed E-state index contributed by atoms with van der Waals surface area (Å²) < 4.78 is 11.5. The van der Waals surface area contributed by atoms with E-state index in [1.165, 1.54) is 6.07 Å². The summed E-state index contributed by atoms with van der Waals surface area (Å²) in [5.41, 5.74) is 2.18. The highest BCUT2D eigenvalue weighted by Crippen LogP contribution is 2.45. The number of phenols is 1. The topological polar surface area (TPSA) is 76.7 Å². The Labute approximate surface area is 158 Å². The van der Waals surface area contributed by atoms with E-state index >= 15 is 0 Å². The molecular formula is C22H26O5. The molecule has 1 aliphatic rings. The third-order valence-electron chi connectivity index (χ3n) is 5.14. The van der Waals surface area contributed by atoms with Gasteiger partial charge >= 0.3 is 5.63 Å². The number of rotatable bonds is 5. The van der Waals surface area contributed by atoms with Crippen molar-refractivity contribution in [2.45, 2.75) is 60.0 Å². The lowest BCUT2D eigenvalue weighted by Gasteiger charge is -2.27. The Morgan fingerprint density at radius 2 is 2.11 bits per heavy atom. The number of allylic oxidation sites excluding steroid dienone is 2. The van der Waals surface area contributed by atoms with Crippen molar-refractivity contribution in [3.8, 4) is 11.5 Å². The predicted octanol–water partition coefficient (Wildman–Crippen LogP) is 4.56. The van der Waals surface area contributed by atoms with Gasteiger partial charge in [-0.3, -0.25) is 4.79 Å². The molecule has 0 bridgehead atoms. The maximum atomic E-state index is 13.0. The third-order valence-corrected chi connectivity index (χ3v) is 5.14. The summed E-state index contributed by atoms with van der Waals surface area (Å²) >= 11 is 0. The zero-order valence-corrected chi connectivity index (χ0v) is 16.5. The zero-order valence-electron chi connectivity index (χ0n) is 16.5. The molecule has 27 heavy (non-hydrogen) atoms. The summed E-state index contributed by atoms with van der Waals surface area (Å²) in [6, 6.07) is 1.46. The molecule has 1 aromatic heterocycles. The van der Waals surface area contributed by atoms with Gasteiger partial charge in [-0.2, -0.15) is 0 Å². The van der Waals surface area contributed by atoms with Gasteiger partial charge < -0.3 is 14.3 Å². The first-order valence-corrected chi connectivity index (χ1v) is 9.43. The van der Waals surface area contributed by atoms with E-state index in [1.807, 2.05) is 40.7 Å². The Kier molecular flexibility index (Phi) is 5.13. The molecule has 5 nitrogen and oxygen atoms in total. The van der Waals surface area contributed by atoms with Crippen LogP contribution < -0.4 is 10.4 Å². The molecule has 0 saturated carbocycles. The fourth-order valence-corrected chi connectivity index (χ4v) is 3.48. The van der Waals surface area contributed by atoms with E-state index in [0.717, 1.165) is 11.1 Å². The van der Waals surface area contributed by atoms with Gasteiger partial charge in [-0.1, -0.05) is 25.5 Å². The van der Waals surface area contributed by atoms with E-state index in [9.17, 15) is 14.7 Å². The molecule has 5 heteroatoms. The van der Waals surface area contributed by atoms with Gasteiger partial charge in [0.15, 0.2) is 11.4 Å². The molecule has 2 atom stereocenters. The van der Waals surface area contributed by atoms with Crippen LogP contribution in [-0.4, -0.2) is 17.0 Å². The Balaban J connectivity index is 2.43. The monoisotopic (exact) mass is 370 g/mol. The standard InChI is InChI=1S/C22H26O5/c1-6-12(4)19(24)18-20(25)15(8-7-11(2)3)21-17-14(9-13(5)26-21)10-16(23)27-22(17)18/h7,10,12-13,25H,6,8-9H2,1-5H3/t12-,13+/m1/s1. The minimum atomic E-state index is -0.521. The normalized spacial score (nSPS) is 16.7. The van der Waals surface area contributed by atoms with Crippen molar-refractivity contribution in [2.24, 2.45) is 5.92 Å². The van der Waals surface area contributed by atoms with Gasteiger partial charge in [-0.25, -0.2) is 4.79 Å². The van der Waals surface area contributed by atoms with Crippen molar-refractivity contribution < 1.29 is 19.1 Å². The van der Waals surface area contributed by atoms with Crippen LogP contribution in [-0.2, 0) is 12.8 Å². The number of Topliss-reactive ketones (excluding diaryl/α,β-unsaturated/α-hetero) is 1. The van der Waals surface area contributed by atoms with Crippen molar-refractivity contribution >= 4 is 16.8 Å². The van der Waals surface area contributed by atoms with Crippen LogP contribution in [0.3, 0.4) is 0 Å². The van der Waals surface area contributed by atoms with Crippen LogP contribution >= 0.6 is 0 Å². The van der Waals surface area contributed by atoms with Gasteiger partial charge in [0.1, 0.15) is 23.2 Å². The lowest BCUT2D eigenvalue weighted by Crippen LogP contribution is -2.23. The smallest absolute Gasteiger partial charge is 0.336 e. The number of aromatic hydroxyl groups is 1. The maximum absolute atomic E-state index is 13.0. The Morgan fingerprint density at radius 1 is 1.41 bits per heavy atom. The van der Waals surface area contributed by atoms with Crippen LogP contribution in [0.1, 0.15) is 62.5 Å². The summed E-state index contributed by atoms with van der Waals surface area (Å²) in [5.74, 6) is -0.148. The second-order valence-corrected chi connectivity index (χ2v) is 7.62. The molecule has 1 N–H and O–H groups in total. The van der Waals surface area contributed by atoms with Gasteiger partial charge in [0.25, 0.3) is 0 Å². The van der Waals surface area contributed by atoms with Crippen LogP contribution in [0, 0.1) is 5.92 Å². The molecule has 0 radical (unpaired) electrons. The number of ketones is 1. The van der Waals surface area contributed by atoms with Gasteiger partial charge in [-0.15, -0.1) is 0 Å². The molecule has 0 aliphatic carbocycles. The molecule has 0 unspecified atom stereocenters. The largest absolute Gasteiger partial charge is 0.507 e. The van der Waals surface area contributed by atoms with E-state index in [2.05, 4.69) is 0 Å². The van der Waals surface area contributed by atoms with Crippen LogP contribution in [0.2, 0.25) is 0 Å². The second kappa shape index (κ2) is 7.22. The quantitative estimate of drug-likeness (QED) is 0.474. The van der Waals surface area contributed by atoms with Crippen LogP contribution in [0.4, 0.5) is 0 Å². The molecule has 0 fully saturated rings. The van der Waals surface area contributed by atoms with Crippen LogP contribution in [0.5, 0.6) is 11.5 Å². The fourth-order valence-electron chi connectivity index (χ4n) is 3.48. The number of benzene rings is 1. The molecule has 2 aromatic rings. The van der Waals surface area contributed by atoms with Crippen molar-refractivity contribution in [3.63, 3.8) is 0 Å². The molecule has 1 aromatic carbocycles. The summed E-state index contributed by atoms with van der Waals surface area (Å²) in [5, 5.41) is 11.7. The lowest BCUT2D eigenvalue weighted by molar-refractivity contribution is 0.0925. The van der Waals surface area contributed by atoms with E-state index in [0.29, 0.717) is 36.0 Å². The molecule has 3 rings (SSSR count). The zero-order chi connectivity index (χ0) is 19.9. The lowest BCUT2D eigenvalue weighted by atomic mass is 9.88. The van der Waals surface area contributed by atoms with Crippen molar-refractivity contribution in [1.29, 1.82) is 0 Å². The highest BCUT2D eigenvalue weighted by Gasteiger charge is 2.32. The Bertz CT molecular complexity index is 992. The SMILES string of the molecule is CC[C@@H](C)C(=O)c1c(O)c(CC=C(C)C)c2c3c(cc(=O)oc13)C[C@H](C)O2. The number of carbonyl (C=O) groups is 1. The van der Waals surface area contributed by atoms with Crippen LogP contribution in [0.15, 0.2) is 26.9 Å².